The van der Waals surface area contributed by atoms with E-state index in [1.807, 2.05) is 0 Å². The monoisotopic (exact) mass is 450 g/mol. The summed E-state index contributed by atoms with van der Waals surface area (Å²) in [5, 5.41) is 13.7. The second kappa shape index (κ2) is 14.8. The van der Waals surface area contributed by atoms with Crippen LogP contribution in [0.4, 0.5) is 0 Å². The van der Waals surface area contributed by atoms with E-state index in [2.05, 4.69) is 55.5 Å². The average molecular weight is 451 g/mol. The highest BCUT2D eigenvalue weighted by Crippen LogP contribution is 2.29. The number of benzene rings is 3. The molecule has 3 aromatic carbocycles. The molecule has 0 saturated carbocycles. The van der Waals surface area contributed by atoms with Crippen molar-refractivity contribution in [2.24, 2.45) is 0 Å². The Morgan fingerprint density at radius 3 is 1.45 bits per heavy atom. The van der Waals surface area contributed by atoms with E-state index in [0.29, 0.717) is 0 Å². The van der Waals surface area contributed by atoms with Crippen molar-refractivity contribution in [2.75, 3.05) is 19.8 Å². The van der Waals surface area contributed by atoms with Crippen molar-refractivity contribution in [3.63, 3.8) is 0 Å². The third kappa shape index (κ3) is 8.89. The second-order valence-corrected chi connectivity index (χ2v) is 9.18. The van der Waals surface area contributed by atoms with Gasteiger partial charge in [0.05, 0.1) is 13.2 Å². The number of hydrogen-bond acceptors (Lipinski definition) is 3. The summed E-state index contributed by atoms with van der Waals surface area (Å²) in [6, 6.07) is 17.2. The van der Waals surface area contributed by atoms with Crippen LogP contribution in [-0.4, -0.2) is 24.9 Å². The molecule has 3 heteroatoms. The van der Waals surface area contributed by atoms with Crippen molar-refractivity contribution in [3.8, 4) is 11.5 Å². The first-order chi connectivity index (χ1) is 16.3. The molecule has 0 radical (unpaired) electrons. The number of ether oxygens (including phenoxy) is 2. The average Bonchev–Trinajstić information content (AvgIpc) is 2.83. The molecule has 0 aliphatic carbocycles. The predicted molar refractivity (Wildman–Crippen MR) is 141 cm³/mol. The minimum Gasteiger partial charge on any atom is -0.494 e. The first kappa shape index (κ1) is 25.4. The van der Waals surface area contributed by atoms with Gasteiger partial charge >= 0.3 is 0 Å². The molecule has 3 rings (SSSR count). The van der Waals surface area contributed by atoms with Gasteiger partial charge < -0.3 is 14.6 Å². The molecule has 0 spiro atoms. The molecular formula is C30H42O3. The minimum atomic E-state index is 0.284. The Labute approximate surface area is 200 Å². The van der Waals surface area contributed by atoms with Crippen molar-refractivity contribution >= 4 is 21.5 Å². The molecule has 0 aliphatic heterocycles. The van der Waals surface area contributed by atoms with E-state index in [-0.39, 0.29) is 6.61 Å². The molecule has 0 fully saturated rings. The summed E-state index contributed by atoms with van der Waals surface area (Å²) in [6.45, 7) is 4.08. The fourth-order valence-electron chi connectivity index (χ4n) is 4.32. The van der Waals surface area contributed by atoms with Gasteiger partial charge in [-0.2, -0.15) is 0 Å². The SMILES string of the molecule is CCCCCCCCCCOc1ccc2cc3cc(OCCCCCCO)ccc3cc2c1. The smallest absolute Gasteiger partial charge is 0.119 e. The maximum Gasteiger partial charge on any atom is 0.119 e. The summed E-state index contributed by atoms with van der Waals surface area (Å²) >= 11 is 0. The van der Waals surface area contributed by atoms with Gasteiger partial charge in [0.2, 0.25) is 0 Å². The molecule has 3 aromatic rings. The quantitative estimate of drug-likeness (QED) is 0.166. The number of fused-ring (bicyclic) bond motifs is 2. The molecule has 0 unspecified atom stereocenters. The van der Waals surface area contributed by atoms with Crippen molar-refractivity contribution in [2.45, 2.75) is 84.0 Å². The molecule has 0 aliphatic rings. The van der Waals surface area contributed by atoms with Gasteiger partial charge in [-0.25, -0.2) is 0 Å². The van der Waals surface area contributed by atoms with E-state index in [0.717, 1.165) is 56.8 Å². The van der Waals surface area contributed by atoms with Crippen molar-refractivity contribution in [3.05, 3.63) is 48.5 Å². The van der Waals surface area contributed by atoms with Crippen LogP contribution >= 0.6 is 0 Å². The predicted octanol–water partition coefficient (Wildman–Crippen LogP) is 8.44. The van der Waals surface area contributed by atoms with Gasteiger partial charge in [-0.3, -0.25) is 0 Å². The Balaban J connectivity index is 1.47. The molecular weight excluding hydrogens is 408 g/mol. The van der Waals surface area contributed by atoms with E-state index in [9.17, 15) is 0 Å². The Kier molecular flexibility index (Phi) is 11.4. The Morgan fingerprint density at radius 1 is 0.515 bits per heavy atom. The molecule has 33 heavy (non-hydrogen) atoms. The van der Waals surface area contributed by atoms with Crippen LogP contribution in [0.3, 0.4) is 0 Å². The van der Waals surface area contributed by atoms with Crippen LogP contribution in [0.2, 0.25) is 0 Å². The fourth-order valence-corrected chi connectivity index (χ4v) is 4.32. The van der Waals surface area contributed by atoms with Crippen LogP contribution < -0.4 is 9.47 Å². The molecule has 0 aromatic heterocycles. The molecule has 0 atom stereocenters. The summed E-state index contributed by atoms with van der Waals surface area (Å²) < 4.78 is 12.0. The van der Waals surface area contributed by atoms with Crippen molar-refractivity contribution in [1.82, 2.24) is 0 Å². The Morgan fingerprint density at radius 2 is 0.970 bits per heavy atom. The van der Waals surface area contributed by atoms with Crippen LogP contribution in [0.25, 0.3) is 21.5 Å². The van der Waals surface area contributed by atoms with Crippen LogP contribution in [-0.2, 0) is 0 Å². The van der Waals surface area contributed by atoms with E-state index in [1.165, 1.54) is 66.5 Å². The molecule has 1 N–H and O–H groups in total. The van der Waals surface area contributed by atoms with Gasteiger partial charge in [0, 0.05) is 6.61 Å². The van der Waals surface area contributed by atoms with Crippen LogP contribution in [0.5, 0.6) is 11.5 Å². The minimum absolute atomic E-state index is 0.284. The lowest BCUT2D eigenvalue weighted by atomic mass is 10.0. The zero-order chi connectivity index (χ0) is 23.1. The topological polar surface area (TPSA) is 38.7 Å². The number of rotatable bonds is 17. The lowest BCUT2D eigenvalue weighted by molar-refractivity contribution is 0.273. The number of aliphatic hydroxyl groups excluding tert-OH is 1. The van der Waals surface area contributed by atoms with Gasteiger partial charge in [0.25, 0.3) is 0 Å². The summed E-state index contributed by atoms with van der Waals surface area (Å²) in [6.07, 6.45) is 14.6. The maximum atomic E-state index is 8.85. The highest BCUT2D eigenvalue weighted by molar-refractivity contribution is 5.99. The van der Waals surface area contributed by atoms with Crippen LogP contribution in [0.15, 0.2) is 48.5 Å². The highest BCUT2D eigenvalue weighted by atomic mass is 16.5. The summed E-state index contributed by atoms with van der Waals surface area (Å²) in [5.41, 5.74) is 0. The van der Waals surface area contributed by atoms with Gasteiger partial charge in [0.1, 0.15) is 11.5 Å². The largest absolute Gasteiger partial charge is 0.494 e. The van der Waals surface area contributed by atoms with Crippen molar-refractivity contribution < 1.29 is 14.6 Å². The van der Waals surface area contributed by atoms with E-state index < -0.39 is 0 Å². The lowest BCUT2D eigenvalue weighted by Crippen LogP contribution is -1.98. The molecule has 0 saturated heterocycles. The van der Waals surface area contributed by atoms with Gasteiger partial charge in [0.15, 0.2) is 0 Å². The molecule has 3 nitrogen and oxygen atoms in total. The Bertz CT molecular complexity index is 950. The fraction of sp³-hybridized carbons (Fsp3) is 0.533. The van der Waals surface area contributed by atoms with E-state index in [4.69, 9.17) is 14.6 Å². The second-order valence-electron chi connectivity index (χ2n) is 9.18. The maximum absolute atomic E-state index is 8.85. The van der Waals surface area contributed by atoms with E-state index in [1.54, 1.807) is 0 Å². The Hall–Kier alpha value is -2.26. The number of aliphatic hydroxyl groups is 1. The zero-order valence-corrected chi connectivity index (χ0v) is 20.5. The van der Waals surface area contributed by atoms with Gasteiger partial charge in [-0.1, -0.05) is 70.4 Å². The van der Waals surface area contributed by atoms with Gasteiger partial charge in [-0.05, 0) is 83.6 Å². The molecule has 0 bridgehead atoms. The third-order valence-electron chi connectivity index (χ3n) is 6.33. The van der Waals surface area contributed by atoms with Crippen LogP contribution in [0, 0.1) is 0 Å². The normalized spacial score (nSPS) is 11.3. The van der Waals surface area contributed by atoms with Crippen LogP contribution in [0.1, 0.15) is 84.0 Å². The summed E-state index contributed by atoms with van der Waals surface area (Å²) in [4.78, 5) is 0. The first-order valence-electron chi connectivity index (χ1n) is 13.1. The summed E-state index contributed by atoms with van der Waals surface area (Å²) in [5.74, 6) is 1.89. The molecule has 0 amide bonds. The number of unbranched alkanes of at least 4 members (excludes halogenated alkanes) is 10. The van der Waals surface area contributed by atoms with E-state index >= 15 is 0 Å². The van der Waals surface area contributed by atoms with Crippen molar-refractivity contribution in [1.29, 1.82) is 0 Å². The first-order valence-corrected chi connectivity index (χ1v) is 13.1. The third-order valence-corrected chi connectivity index (χ3v) is 6.33. The highest BCUT2D eigenvalue weighted by Gasteiger charge is 2.03. The lowest BCUT2D eigenvalue weighted by Gasteiger charge is -2.10. The number of hydrogen-bond donors (Lipinski definition) is 1. The van der Waals surface area contributed by atoms with Gasteiger partial charge in [-0.15, -0.1) is 0 Å². The molecule has 180 valence electrons. The standard InChI is InChI=1S/C30H42O3/c1-2-3-4-5-6-7-9-12-19-32-29-16-14-25-22-28-24-30(33-20-13-10-8-11-18-31)17-15-26(28)21-27(25)23-29/h14-17,21-24,31H,2-13,18-20H2,1H3. The molecule has 0 heterocycles. The summed E-state index contributed by atoms with van der Waals surface area (Å²) in [7, 11) is 0. The zero-order valence-electron chi connectivity index (χ0n) is 20.5.